The number of hydrogen-bond acceptors (Lipinski definition) is 4. The minimum Gasteiger partial charge on any atom is -0.496 e. The highest BCUT2D eigenvalue weighted by Gasteiger charge is 2.37. The molecule has 1 aromatic carbocycles. The van der Waals surface area contributed by atoms with Gasteiger partial charge in [0.05, 0.1) is 13.7 Å². The molecule has 1 amide bonds. The summed E-state index contributed by atoms with van der Waals surface area (Å²) < 4.78 is 5.31. The van der Waals surface area contributed by atoms with E-state index in [-0.39, 0.29) is 24.5 Å². The second-order valence-corrected chi connectivity index (χ2v) is 7.47. The predicted molar refractivity (Wildman–Crippen MR) is 98.2 cm³/mol. The molecule has 1 aromatic rings. The number of nitrogens with one attached hydrogen (secondary N) is 1. The van der Waals surface area contributed by atoms with Crippen LogP contribution in [0.3, 0.4) is 0 Å². The van der Waals surface area contributed by atoms with Gasteiger partial charge in [0.2, 0.25) is 5.91 Å². The molecule has 0 bridgehead atoms. The highest BCUT2D eigenvalue weighted by Crippen LogP contribution is 2.33. The van der Waals surface area contributed by atoms with Crippen molar-refractivity contribution in [2.24, 2.45) is 5.92 Å². The standard InChI is InChI=1S/C20H28N2O4/c1-26-18-5-3-2-4-15(18)8-9-19(23)21-16-10-17(11-16)22(13-20(24)25)12-14-6-7-14/h2-5,14,16-17H,6-13H2,1H3,(H,21,23)(H,24,25). The Hall–Kier alpha value is -2.08. The topological polar surface area (TPSA) is 78.9 Å². The van der Waals surface area contributed by atoms with Gasteiger partial charge >= 0.3 is 5.97 Å². The summed E-state index contributed by atoms with van der Waals surface area (Å²) in [5.74, 6) is 0.763. The van der Waals surface area contributed by atoms with E-state index >= 15 is 0 Å². The molecule has 142 valence electrons. The summed E-state index contributed by atoms with van der Waals surface area (Å²) in [6.45, 7) is 0.987. The van der Waals surface area contributed by atoms with Gasteiger partial charge in [0, 0.05) is 25.0 Å². The molecule has 0 atom stereocenters. The average molecular weight is 360 g/mol. The van der Waals surface area contributed by atoms with Gasteiger partial charge in [-0.05, 0) is 49.7 Å². The van der Waals surface area contributed by atoms with E-state index in [0.29, 0.717) is 18.8 Å². The van der Waals surface area contributed by atoms with Crippen LogP contribution in [0.5, 0.6) is 5.75 Å². The zero-order valence-electron chi connectivity index (χ0n) is 15.3. The lowest BCUT2D eigenvalue weighted by Gasteiger charge is -2.42. The van der Waals surface area contributed by atoms with Crippen LogP contribution in [-0.4, -0.2) is 54.2 Å². The van der Waals surface area contributed by atoms with E-state index < -0.39 is 5.97 Å². The summed E-state index contributed by atoms with van der Waals surface area (Å²) in [6, 6.07) is 8.20. The summed E-state index contributed by atoms with van der Waals surface area (Å²) in [5.41, 5.74) is 1.04. The van der Waals surface area contributed by atoms with Crippen LogP contribution < -0.4 is 10.1 Å². The third-order valence-corrected chi connectivity index (χ3v) is 5.34. The number of nitrogens with zero attached hydrogens (tertiary/aromatic N) is 1. The Bertz CT molecular complexity index is 638. The number of carboxylic acid groups (broad SMARTS) is 1. The van der Waals surface area contributed by atoms with Gasteiger partial charge in [-0.2, -0.15) is 0 Å². The molecule has 6 heteroatoms. The first-order chi connectivity index (χ1) is 12.5. The normalized spacial score (nSPS) is 21.9. The lowest BCUT2D eigenvalue weighted by atomic mass is 9.85. The second kappa shape index (κ2) is 8.54. The number of carboxylic acids is 1. The van der Waals surface area contributed by atoms with Gasteiger partial charge in [0.25, 0.3) is 0 Å². The fourth-order valence-electron chi connectivity index (χ4n) is 3.61. The molecule has 2 aliphatic rings. The zero-order chi connectivity index (χ0) is 18.5. The van der Waals surface area contributed by atoms with Crippen LogP contribution in [0, 0.1) is 5.92 Å². The van der Waals surface area contributed by atoms with E-state index in [9.17, 15) is 9.59 Å². The van der Waals surface area contributed by atoms with Crippen LogP contribution >= 0.6 is 0 Å². The maximum absolute atomic E-state index is 12.2. The highest BCUT2D eigenvalue weighted by atomic mass is 16.5. The van der Waals surface area contributed by atoms with Crippen LogP contribution in [0.4, 0.5) is 0 Å². The summed E-state index contributed by atoms with van der Waals surface area (Å²) in [4.78, 5) is 25.3. The molecule has 0 heterocycles. The number of para-hydroxylation sites is 1. The first-order valence-electron chi connectivity index (χ1n) is 9.42. The van der Waals surface area contributed by atoms with Gasteiger partial charge in [0.1, 0.15) is 5.75 Å². The number of aryl methyl sites for hydroxylation is 1. The molecule has 2 aliphatic carbocycles. The van der Waals surface area contributed by atoms with Crippen molar-refractivity contribution in [3.8, 4) is 5.75 Å². The molecule has 3 rings (SSSR count). The van der Waals surface area contributed by atoms with E-state index in [1.165, 1.54) is 12.8 Å². The number of hydrogen-bond donors (Lipinski definition) is 2. The number of amides is 1. The Morgan fingerprint density at radius 3 is 2.65 bits per heavy atom. The molecule has 0 unspecified atom stereocenters. The van der Waals surface area contributed by atoms with Gasteiger partial charge in [-0.15, -0.1) is 0 Å². The fraction of sp³-hybridized carbons (Fsp3) is 0.600. The van der Waals surface area contributed by atoms with Crippen LogP contribution in [0.25, 0.3) is 0 Å². The number of carbonyl (C=O) groups excluding carboxylic acids is 1. The smallest absolute Gasteiger partial charge is 0.317 e. The number of ether oxygens (including phenoxy) is 1. The van der Waals surface area contributed by atoms with E-state index in [1.54, 1.807) is 7.11 Å². The molecular formula is C20H28N2O4. The Kier molecular flexibility index (Phi) is 6.14. The maximum Gasteiger partial charge on any atom is 0.317 e. The molecule has 0 saturated heterocycles. The van der Waals surface area contributed by atoms with Crippen molar-refractivity contribution in [2.75, 3.05) is 20.2 Å². The minimum absolute atomic E-state index is 0.0475. The molecule has 6 nitrogen and oxygen atoms in total. The van der Waals surface area contributed by atoms with E-state index in [2.05, 4.69) is 10.2 Å². The SMILES string of the molecule is COc1ccccc1CCC(=O)NC1CC(N(CC(=O)O)CC2CC2)C1. The van der Waals surface area contributed by atoms with Crippen LogP contribution in [0.2, 0.25) is 0 Å². The highest BCUT2D eigenvalue weighted by molar-refractivity contribution is 5.76. The van der Waals surface area contributed by atoms with Crippen molar-refractivity contribution in [3.05, 3.63) is 29.8 Å². The van der Waals surface area contributed by atoms with Crippen molar-refractivity contribution < 1.29 is 19.4 Å². The van der Waals surface area contributed by atoms with Crippen LogP contribution in [0.1, 0.15) is 37.7 Å². The molecule has 0 aliphatic heterocycles. The molecule has 2 saturated carbocycles. The summed E-state index contributed by atoms with van der Waals surface area (Å²) >= 11 is 0. The molecule has 26 heavy (non-hydrogen) atoms. The van der Waals surface area contributed by atoms with Crippen LogP contribution in [0.15, 0.2) is 24.3 Å². The summed E-state index contributed by atoms with van der Waals surface area (Å²) in [6.07, 6.45) is 5.21. The van der Waals surface area contributed by atoms with Crippen molar-refractivity contribution in [3.63, 3.8) is 0 Å². The van der Waals surface area contributed by atoms with Crippen molar-refractivity contribution >= 4 is 11.9 Å². The number of benzene rings is 1. The Labute approximate surface area is 154 Å². The van der Waals surface area contributed by atoms with Gasteiger partial charge in [-0.1, -0.05) is 18.2 Å². The van der Waals surface area contributed by atoms with Gasteiger partial charge < -0.3 is 15.2 Å². The Morgan fingerprint density at radius 1 is 1.27 bits per heavy atom. The summed E-state index contributed by atoms with van der Waals surface area (Å²) in [5, 5.41) is 12.2. The zero-order valence-corrected chi connectivity index (χ0v) is 15.3. The van der Waals surface area contributed by atoms with E-state index in [1.807, 2.05) is 24.3 Å². The van der Waals surface area contributed by atoms with Gasteiger partial charge in [-0.25, -0.2) is 0 Å². The molecular weight excluding hydrogens is 332 g/mol. The molecule has 0 aromatic heterocycles. The summed E-state index contributed by atoms with van der Waals surface area (Å²) in [7, 11) is 1.64. The number of methoxy groups -OCH3 is 1. The molecule has 2 fully saturated rings. The quantitative estimate of drug-likeness (QED) is 0.668. The predicted octanol–water partition coefficient (Wildman–Crippen LogP) is 2.07. The third kappa shape index (κ3) is 5.21. The minimum atomic E-state index is -0.769. The monoisotopic (exact) mass is 360 g/mol. The van der Waals surface area contributed by atoms with E-state index in [0.717, 1.165) is 30.7 Å². The largest absolute Gasteiger partial charge is 0.496 e. The average Bonchev–Trinajstić information content (AvgIpc) is 3.39. The molecule has 0 radical (unpaired) electrons. The third-order valence-electron chi connectivity index (χ3n) is 5.34. The fourth-order valence-corrected chi connectivity index (χ4v) is 3.61. The lowest BCUT2D eigenvalue weighted by Crippen LogP contribution is -2.55. The van der Waals surface area contributed by atoms with Gasteiger partial charge in [0.15, 0.2) is 0 Å². The number of carbonyl (C=O) groups is 2. The van der Waals surface area contributed by atoms with Gasteiger partial charge in [-0.3, -0.25) is 14.5 Å². The second-order valence-electron chi connectivity index (χ2n) is 7.47. The van der Waals surface area contributed by atoms with Crippen molar-refractivity contribution in [1.29, 1.82) is 0 Å². The lowest BCUT2D eigenvalue weighted by molar-refractivity contribution is -0.140. The molecule has 2 N–H and O–H groups in total. The Morgan fingerprint density at radius 2 is 2.00 bits per heavy atom. The number of aliphatic carboxylic acids is 1. The van der Waals surface area contributed by atoms with Crippen molar-refractivity contribution in [2.45, 2.75) is 50.6 Å². The number of rotatable bonds is 10. The Balaban J connectivity index is 1.40. The van der Waals surface area contributed by atoms with E-state index in [4.69, 9.17) is 9.84 Å². The molecule has 0 spiro atoms. The van der Waals surface area contributed by atoms with Crippen LogP contribution in [-0.2, 0) is 16.0 Å². The first kappa shape index (κ1) is 18.7. The first-order valence-corrected chi connectivity index (χ1v) is 9.42. The van der Waals surface area contributed by atoms with Crippen molar-refractivity contribution in [1.82, 2.24) is 10.2 Å². The maximum atomic E-state index is 12.2.